The summed E-state index contributed by atoms with van der Waals surface area (Å²) in [6.07, 6.45) is 4.18. The highest BCUT2D eigenvalue weighted by Crippen LogP contribution is 2.24. The minimum absolute atomic E-state index is 0.0639. The molecule has 1 aromatic rings. The lowest BCUT2D eigenvalue weighted by Crippen LogP contribution is -2.42. The Morgan fingerprint density at radius 2 is 1.76 bits per heavy atom. The average Bonchev–Trinajstić information content (AvgIpc) is 2.72. The molecule has 2 atom stereocenters. The van der Waals surface area contributed by atoms with Gasteiger partial charge in [0.25, 0.3) is 5.91 Å². The molecule has 2 unspecified atom stereocenters. The zero-order chi connectivity index (χ0) is 15.2. The van der Waals surface area contributed by atoms with Gasteiger partial charge in [0.1, 0.15) is 0 Å². The molecule has 3 N–H and O–H groups in total. The highest BCUT2D eigenvalue weighted by molar-refractivity contribution is 5.94. The molecule has 114 valence electrons. The number of aliphatic hydroxyl groups is 1. The molecule has 2 rings (SSSR count). The minimum atomic E-state index is -0.835. The van der Waals surface area contributed by atoms with Crippen LogP contribution in [0.25, 0.3) is 0 Å². The van der Waals surface area contributed by atoms with Crippen molar-refractivity contribution in [2.24, 2.45) is 5.92 Å². The summed E-state index contributed by atoms with van der Waals surface area (Å²) in [4.78, 5) is 23.6. The number of hydrogen-bond acceptors (Lipinski definition) is 3. The third-order valence-electron chi connectivity index (χ3n) is 4.05. The SMILES string of the molecule is O=C(NC1CCCCCC1C(=O)O)c1ccc(CO)cc1. The van der Waals surface area contributed by atoms with Crippen molar-refractivity contribution in [2.45, 2.75) is 44.8 Å². The second kappa shape index (κ2) is 7.22. The van der Waals surface area contributed by atoms with Gasteiger partial charge in [0.05, 0.1) is 12.5 Å². The van der Waals surface area contributed by atoms with Crippen LogP contribution in [0.2, 0.25) is 0 Å². The van der Waals surface area contributed by atoms with Gasteiger partial charge in [-0.2, -0.15) is 0 Å². The molecule has 1 aliphatic carbocycles. The van der Waals surface area contributed by atoms with Gasteiger partial charge >= 0.3 is 5.97 Å². The second-order valence-corrected chi connectivity index (χ2v) is 5.52. The number of carboxylic acid groups (broad SMARTS) is 1. The van der Waals surface area contributed by atoms with E-state index in [1.165, 1.54) is 0 Å². The molecule has 0 spiro atoms. The van der Waals surface area contributed by atoms with Crippen molar-refractivity contribution in [3.05, 3.63) is 35.4 Å². The van der Waals surface area contributed by atoms with Gasteiger partial charge in [-0.25, -0.2) is 0 Å². The Balaban J connectivity index is 2.06. The van der Waals surface area contributed by atoms with Crippen LogP contribution in [0, 0.1) is 5.92 Å². The fraction of sp³-hybridized carbons (Fsp3) is 0.500. The van der Waals surface area contributed by atoms with E-state index < -0.39 is 11.9 Å². The first kappa shape index (κ1) is 15.5. The number of carboxylic acids is 1. The van der Waals surface area contributed by atoms with E-state index in [2.05, 4.69) is 5.32 Å². The summed E-state index contributed by atoms with van der Waals surface area (Å²) in [5.41, 5.74) is 1.23. The van der Waals surface area contributed by atoms with E-state index in [-0.39, 0.29) is 18.6 Å². The van der Waals surface area contributed by atoms with E-state index in [0.717, 1.165) is 24.8 Å². The third-order valence-corrected chi connectivity index (χ3v) is 4.05. The number of carbonyl (C=O) groups excluding carboxylic acids is 1. The van der Waals surface area contributed by atoms with Crippen molar-refractivity contribution in [3.63, 3.8) is 0 Å². The van der Waals surface area contributed by atoms with Crippen LogP contribution in [0.15, 0.2) is 24.3 Å². The monoisotopic (exact) mass is 291 g/mol. The molecular formula is C16H21NO4. The molecule has 1 amide bonds. The molecule has 1 aromatic carbocycles. The van der Waals surface area contributed by atoms with Crippen molar-refractivity contribution >= 4 is 11.9 Å². The molecule has 0 aromatic heterocycles. The van der Waals surface area contributed by atoms with Crippen LogP contribution in [-0.2, 0) is 11.4 Å². The number of nitrogens with one attached hydrogen (secondary N) is 1. The quantitative estimate of drug-likeness (QED) is 0.740. The van der Waals surface area contributed by atoms with Crippen LogP contribution in [-0.4, -0.2) is 28.1 Å². The van der Waals surface area contributed by atoms with Gasteiger partial charge in [0.15, 0.2) is 0 Å². The first-order chi connectivity index (χ1) is 10.1. The average molecular weight is 291 g/mol. The van der Waals surface area contributed by atoms with Crippen LogP contribution in [0.1, 0.15) is 48.0 Å². The lowest BCUT2D eigenvalue weighted by Gasteiger charge is -2.22. The number of amides is 1. The topological polar surface area (TPSA) is 86.6 Å². The highest BCUT2D eigenvalue weighted by atomic mass is 16.4. The standard InChI is InChI=1S/C16H21NO4/c18-10-11-6-8-12(9-7-11)15(19)17-14-5-3-1-2-4-13(14)16(20)21/h6-9,13-14,18H,1-5,10H2,(H,17,19)(H,20,21). The second-order valence-electron chi connectivity index (χ2n) is 5.52. The Morgan fingerprint density at radius 1 is 1.10 bits per heavy atom. The smallest absolute Gasteiger partial charge is 0.308 e. The molecular weight excluding hydrogens is 270 g/mol. The largest absolute Gasteiger partial charge is 0.481 e. The predicted octanol–water partition coefficient (Wildman–Crippen LogP) is 1.94. The van der Waals surface area contributed by atoms with Crippen LogP contribution < -0.4 is 5.32 Å². The molecule has 5 nitrogen and oxygen atoms in total. The molecule has 0 radical (unpaired) electrons. The number of aliphatic carboxylic acids is 1. The van der Waals surface area contributed by atoms with Gasteiger partial charge in [-0.15, -0.1) is 0 Å². The zero-order valence-corrected chi connectivity index (χ0v) is 11.9. The van der Waals surface area contributed by atoms with E-state index >= 15 is 0 Å². The number of rotatable bonds is 4. The van der Waals surface area contributed by atoms with Crippen molar-refractivity contribution in [2.75, 3.05) is 0 Å². The lowest BCUT2D eigenvalue weighted by atomic mass is 9.94. The predicted molar refractivity (Wildman–Crippen MR) is 77.8 cm³/mol. The maximum absolute atomic E-state index is 12.2. The zero-order valence-electron chi connectivity index (χ0n) is 11.9. The maximum Gasteiger partial charge on any atom is 0.308 e. The molecule has 5 heteroatoms. The Morgan fingerprint density at radius 3 is 2.38 bits per heavy atom. The lowest BCUT2D eigenvalue weighted by molar-refractivity contribution is -0.142. The van der Waals surface area contributed by atoms with E-state index in [1.807, 2.05) is 0 Å². The summed E-state index contributed by atoms with van der Waals surface area (Å²) in [5.74, 6) is -1.59. The minimum Gasteiger partial charge on any atom is -0.481 e. The highest BCUT2D eigenvalue weighted by Gasteiger charge is 2.30. The fourth-order valence-corrected chi connectivity index (χ4v) is 2.79. The molecule has 1 fully saturated rings. The molecule has 1 aliphatic rings. The van der Waals surface area contributed by atoms with Crippen LogP contribution in [0.5, 0.6) is 0 Å². The van der Waals surface area contributed by atoms with Crippen molar-refractivity contribution in [3.8, 4) is 0 Å². The Kier molecular flexibility index (Phi) is 5.33. The van der Waals surface area contributed by atoms with E-state index in [1.54, 1.807) is 24.3 Å². The summed E-state index contributed by atoms with van der Waals surface area (Å²) < 4.78 is 0. The van der Waals surface area contributed by atoms with Crippen LogP contribution >= 0.6 is 0 Å². The Hall–Kier alpha value is -1.88. The summed E-state index contributed by atoms with van der Waals surface area (Å²) >= 11 is 0. The van der Waals surface area contributed by atoms with Crippen molar-refractivity contribution < 1.29 is 19.8 Å². The number of benzene rings is 1. The molecule has 0 bridgehead atoms. The third kappa shape index (κ3) is 4.04. The van der Waals surface area contributed by atoms with Gasteiger partial charge in [-0.3, -0.25) is 9.59 Å². The van der Waals surface area contributed by atoms with Crippen LogP contribution in [0.3, 0.4) is 0 Å². The fourth-order valence-electron chi connectivity index (χ4n) is 2.79. The number of aliphatic hydroxyl groups excluding tert-OH is 1. The Labute approximate surface area is 124 Å². The molecule has 0 saturated heterocycles. The van der Waals surface area contributed by atoms with Crippen molar-refractivity contribution in [1.29, 1.82) is 0 Å². The van der Waals surface area contributed by atoms with Gasteiger partial charge in [0, 0.05) is 11.6 Å². The Bertz CT molecular complexity index is 498. The molecule has 1 saturated carbocycles. The van der Waals surface area contributed by atoms with Gasteiger partial charge in [0.2, 0.25) is 0 Å². The first-order valence-electron chi connectivity index (χ1n) is 7.35. The number of carbonyl (C=O) groups is 2. The van der Waals surface area contributed by atoms with Gasteiger partial charge in [-0.05, 0) is 30.5 Å². The first-order valence-corrected chi connectivity index (χ1v) is 7.35. The molecule has 0 aliphatic heterocycles. The van der Waals surface area contributed by atoms with E-state index in [4.69, 9.17) is 5.11 Å². The summed E-state index contributed by atoms with van der Waals surface area (Å²) in [6, 6.07) is 6.36. The summed E-state index contributed by atoms with van der Waals surface area (Å²) in [5, 5.41) is 21.2. The molecule has 0 heterocycles. The van der Waals surface area contributed by atoms with Crippen LogP contribution in [0.4, 0.5) is 0 Å². The van der Waals surface area contributed by atoms with E-state index in [0.29, 0.717) is 18.4 Å². The van der Waals surface area contributed by atoms with Gasteiger partial charge < -0.3 is 15.5 Å². The number of hydrogen-bond donors (Lipinski definition) is 3. The van der Waals surface area contributed by atoms with E-state index in [9.17, 15) is 14.7 Å². The molecule has 21 heavy (non-hydrogen) atoms. The normalized spacial score (nSPS) is 22.3. The maximum atomic E-state index is 12.2. The van der Waals surface area contributed by atoms with Gasteiger partial charge in [-0.1, -0.05) is 31.4 Å². The summed E-state index contributed by atoms with van der Waals surface area (Å²) in [6.45, 7) is -0.0639. The van der Waals surface area contributed by atoms with Crippen molar-refractivity contribution in [1.82, 2.24) is 5.32 Å². The summed E-state index contributed by atoms with van der Waals surface area (Å²) in [7, 11) is 0.